The number of aliphatic imine (C=N–C) groups is 1. The average Bonchev–Trinajstić information content (AvgIpc) is 2.91. The molecule has 2 atom stereocenters. The van der Waals surface area contributed by atoms with E-state index in [4.69, 9.17) is 4.74 Å². The van der Waals surface area contributed by atoms with E-state index in [1.165, 1.54) is 24.0 Å². The molecule has 3 rings (SSSR count). The average molecular weight is 258 g/mol. The lowest BCUT2D eigenvalue weighted by molar-refractivity contribution is 0.209. The van der Waals surface area contributed by atoms with Crippen molar-refractivity contribution in [3.8, 4) is 0 Å². The van der Waals surface area contributed by atoms with Gasteiger partial charge in [-0.3, -0.25) is 4.99 Å². The van der Waals surface area contributed by atoms with E-state index in [2.05, 4.69) is 41.5 Å². The van der Waals surface area contributed by atoms with Gasteiger partial charge in [-0.25, -0.2) is 0 Å². The molecule has 2 unspecified atom stereocenters. The molecule has 1 N–H and O–H groups in total. The van der Waals surface area contributed by atoms with E-state index < -0.39 is 0 Å². The molecule has 0 spiro atoms. The Kier molecular flexibility index (Phi) is 3.83. The Hall–Kier alpha value is -1.35. The van der Waals surface area contributed by atoms with Gasteiger partial charge in [0, 0.05) is 6.42 Å². The smallest absolute Gasteiger partial charge is 0.201 e. The van der Waals surface area contributed by atoms with E-state index in [9.17, 15) is 0 Å². The van der Waals surface area contributed by atoms with Crippen LogP contribution in [-0.2, 0) is 11.2 Å². The number of hydrogen-bond acceptors (Lipinski definition) is 3. The molecule has 1 saturated heterocycles. The van der Waals surface area contributed by atoms with Crippen LogP contribution < -0.4 is 5.32 Å². The van der Waals surface area contributed by atoms with Crippen LogP contribution in [0.1, 0.15) is 30.4 Å². The summed E-state index contributed by atoms with van der Waals surface area (Å²) in [6.45, 7) is 4.02. The Bertz CT molecular complexity index is 446. The number of ether oxygens (including phenoxy) is 1. The number of nitrogens with one attached hydrogen (secondary N) is 1. The molecular formula is C16H22N2O. The van der Waals surface area contributed by atoms with E-state index >= 15 is 0 Å². The van der Waals surface area contributed by atoms with Crippen molar-refractivity contribution in [1.29, 1.82) is 0 Å². The van der Waals surface area contributed by atoms with Gasteiger partial charge in [0.2, 0.25) is 5.90 Å². The third-order valence-corrected chi connectivity index (χ3v) is 3.93. The quantitative estimate of drug-likeness (QED) is 0.903. The Morgan fingerprint density at radius 2 is 2.11 bits per heavy atom. The highest BCUT2D eigenvalue weighted by Gasteiger charge is 2.27. The zero-order valence-electron chi connectivity index (χ0n) is 11.6. The summed E-state index contributed by atoms with van der Waals surface area (Å²) in [7, 11) is 0. The summed E-state index contributed by atoms with van der Waals surface area (Å²) >= 11 is 0. The van der Waals surface area contributed by atoms with Gasteiger partial charge in [0.15, 0.2) is 0 Å². The normalized spacial score (nSPS) is 26.9. The highest BCUT2D eigenvalue weighted by atomic mass is 16.5. The van der Waals surface area contributed by atoms with Crippen LogP contribution in [0.4, 0.5) is 0 Å². The molecule has 0 amide bonds. The third-order valence-electron chi connectivity index (χ3n) is 3.93. The maximum absolute atomic E-state index is 6.02. The maximum atomic E-state index is 6.02. The van der Waals surface area contributed by atoms with Crippen molar-refractivity contribution >= 4 is 5.90 Å². The van der Waals surface area contributed by atoms with E-state index in [-0.39, 0.29) is 6.10 Å². The summed E-state index contributed by atoms with van der Waals surface area (Å²) < 4.78 is 6.02. The van der Waals surface area contributed by atoms with Gasteiger partial charge in [0.1, 0.15) is 6.10 Å². The van der Waals surface area contributed by atoms with E-state index in [0.29, 0.717) is 6.04 Å². The summed E-state index contributed by atoms with van der Waals surface area (Å²) in [5.41, 5.74) is 2.64. The zero-order chi connectivity index (χ0) is 13.1. The van der Waals surface area contributed by atoms with Gasteiger partial charge in [-0.1, -0.05) is 36.2 Å². The van der Waals surface area contributed by atoms with Gasteiger partial charge in [-0.2, -0.15) is 0 Å². The van der Waals surface area contributed by atoms with Crippen molar-refractivity contribution < 1.29 is 4.74 Å². The summed E-state index contributed by atoms with van der Waals surface area (Å²) in [5.74, 6) is 0.941. The van der Waals surface area contributed by atoms with E-state index in [1.54, 1.807) is 0 Å². The molecule has 19 heavy (non-hydrogen) atoms. The van der Waals surface area contributed by atoms with Crippen LogP contribution >= 0.6 is 0 Å². The van der Waals surface area contributed by atoms with Crippen LogP contribution in [0.5, 0.6) is 0 Å². The number of piperidine rings is 1. The fourth-order valence-corrected chi connectivity index (χ4v) is 2.79. The molecular weight excluding hydrogens is 236 g/mol. The minimum Gasteiger partial charge on any atom is -0.474 e. The molecule has 0 saturated carbocycles. The standard InChI is InChI=1S/C16H22N2O/c1-12-5-7-13(8-6-12)10-14-11-18-16(19-14)15-4-2-3-9-17-15/h5-8,14-15,17H,2-4,9-11H2,1H3. The number of rotatable bonds is 3. The van der Waals surface area contributed by atoms with Crippen molar-refractivity contribution in [2.45, 2.75) is 44.8 Å². The Morgan fingerprint density at radius 3 is 2.84 bits per heavy atom. The Morgan fingerprint density at radius 1 is 1.26 bits per heavy atom. The summed E-state index contributed by atoms with van der Waals surface area (Å²) in [5, 5.41) is 3.50. The number of hydrogen-bond donors (Lipinski definition) is 1. The molecule has 0 radical (unpaired) electrons. The van der Waals surface area contributed by atoms with Crippen LogP contribution in [0.15, 0.2) is 29.3 Å². The molecule has 1 aromatic rings. The Labute approximate surface area is 115 Å². The van der Waals surface area contributed by atoms with Gasteiger partial charge in [-0.15, -0.1) is 0 Å². The first-order valence-electron chi connectivity index (χ1n) is 7.31. The predicted octanol–water partition coefficient (Wildman–Crippen LogP) is 2.48. The summed E-state index contributed by atoms with van der Waals surface area (Å²) in [6, 6.07) is 9.06. The van der Waals surface area contributed by atoms with Crippen molar-refractivity contribution in [1.82, 2.24) is 5.32 Å². The third kappa shape index (κ3) is 3.16. The predicted molar refractivity (Wildman–Crippen MR) is 77.7 cm³/mol. The van der Waals surface area contributed by atoms with Gasteiger partial charge >= 0.3 is 0 Å². The molecule has 2 heterocycles. The highest BCUT2D eigenvalue weighted by molar-refractivity contribution is 5.83. The topological polar surface area (TPSA) is 33.6 Å². The highest BCUT2D eigenvalue weighted by Crippen LogP contribution is 2.17. The largest absolute Gasteiger partial charge is 0.474 e. The summed E-state index contributed by atoms with van der Waals surface area (Å²) in [6.07, 6.45) is 4.90. The van der Waals surface area contributed by atoms with Crippen molar-refractivity contribution in [2.24, 2.45) is 4.99 Å². The molecule has 3 nitrogen and oxygen atoms in total. The molecule has 0 aromatic heterocycles. The van der Waals surface area contributed by atoms with Gasteiger partial charge in [0.05, 0.1) is 12.6 Å². The molecule has 2 aliphatic rings. The second-order valence-corrected chi connectivity index (χ2v) is 5.61. The van der Waals surface area contributed by atoms with Crippen LogP contribution in [-0.4, -0.2) is 31.1 Å². The SMILES string of the molecule is Cc1ccc(CC2CN=C(C3CCCCN3)O2)cc1. The fraction of sp³-hybridized carbons (Fsp3) is 0.562. The minimum absolute atomic E-state index is 0.224. The lowest BCUT2D eigenvalue weighted by Gasteiger charge is -2.23. The van der Waals surface area contributed by atoms with Gasteiger partial charge in [0.25, 0.3) is 0 Å². The molecule has 1 aromatic carbocycles. The van der Waals surface area contributed by atoms with E-state index in [1.807, 2.05) is 0 Å². The molecule has 3 heteroatoms. The Balaban J connectivity index is 1.54. The number of aryl methyl sites for hydroxylation is 1. The summed E-state index contributed by atoms with van der Waals surface area (Å²) in [4.78, 5) is 4.59. The van der Waals surface area contributed by atoms with Crippen LogP contribution in [0, 0.1) is 6.92 Å². The zero-order valence-corrected chi connectivity index (χ0v) is 11.6. The van der Waals surface area contributed by atoms with Gasteiger partial charge in [-0.05, 0) is 31.9 Å². The van der Waals surface area contributed by atoms with Crippen LogP contribution in [0.3, 0.4) is 0 Å². The van der Waals surface area contributed by atoms with E-state index in [0.717, 1.165) is 31.8 Å². The lowest BCUT2D eigenvalue weighted by atomic mass is 10.1. The number of nitrogens with zero attached hydrogens (tertiary/aromatic N) is 1. The maximum Gasteiger partial charge on any atom is 0.201 e. The second kappa shape index (κ2) is 5.74. The fourth-order valence-electron chi connectivity index (χ4n) is 2.79. The molecule has 1 fully saturated rings. The van der Waals surface area contributed by atoms with Crippen LogP contribution in [0.25, 0.3) is 0 Å². The molecule has 102 valence electrons. The first-order valence-corrected chi connectivity index (χ1v) is 7.31. The number of benzene rings is 1. The molecule has 0 bridgehead atoms. The van der Waals surface area contributed by atoms with Crippen molar-refractivity contribution in [2.75, 3.05) is 13.1 Å². The minimum atomic E-state index is 0.224. The lowest BCUT2D eigenvalue weighted by Crippen LogP contribution is -2.41. The van der Waals surface area contributed by atoms with Crippen molar-refractivity contribution in [3.63, 3.8) is 0 Å². The molecule has 0 aliphatic carbocycles. The first kappa shape index (κ1) is 12.7. The molecule has 2 aliphatic heterocycles. The van der Waals surface area contributed by atoms with Gasteiger partial charge < -0.3 is 10.1 Å². The second-order valence-electron chi connectivity index (χ2n) is 5.61. The monoisotopic (exact) mass is 258 g/mol. The van der Waals surface area contributed by atoms with Crippen LogP contribution in [0.2, 0.25) is 0 Å². The van der Waals surface area contributed by atoms with Crippen molar-refractivity contribution in [3.05, 3.63) is 35.4 Å². The first-order chi connectivity index (χ1) is 9.31.